The number of hydrogen-bond acceptors (Lipinski definition) is 2. The molecule has 0 bridgehead atoms. The van der Waals surface area contributed by atoms with Crippen LogP contribution in [0.2, 0.25) is 0 Å². The number of aryl methyl sites for hydroxylation is 1. The van der Waals surface area contributed by atoms with Crippen molar-refractivity contribution in [1.29, 1.82) is 0 Å². The van der Waals surface area contributed by atoms with Crippen molar-refractivity contribution in [3.8, 4) is 5.75 Å². The van der Waals surface area contributed by atoms with Crippen molar-refractivity contribution in [2.45, 2.75) is 19.4 Å². The molecular formula is C16H19NO. The lowest BCUT2D eigenvalue weighted by Crippen LogP contribution is -2.14. The Bertz CT molecular complexity index is 464. The van der Waals surface area contributed by atoms with Crippen molar-refractivity contribution >= 4 is 0 Å². The van der Waals surface area contributed by atoms with E-state index in [4.69, 9.17) is 10.5 Å². The standard InChI is InChI=1S/C16H19NO/c1-13-7-9-15(10-8-13)18-12-11-16(17)14-5-3-2-4-6-14/h2-10,16H,11-12,17H2,1H3. The van der Waals surface area contributed by atoms with Gasteiger partial charge in [0.15, 0.2) is 0 Å². The van der Waals surface area contributed by atoms with Crippen LogP contribution in [0.5, 0.6) is 5.75 Å². The average molecular weight is 241 g/mol. The number of rotatable bonds is 5. The SMILES string of the molecule is Cc1ccc(OCCC(N)c2ccccc2)cc1. The molecule has 0 fully saturated rings. The first-order valence-electron chi connectivity index (χ1n) is 6.26. The molecule has 0 heterocycles. The van der Waals surface area contributed by atoms with E-state index < -0.39 is 0 Å². The minimum absolute atomic E-state index is 0.0386. The Morgan fingerprint density at radius 1 is 1.00 bits per heavy atom. The van der Waals surface area contributed by atoms with Crippen LogP contribution in [0.3, 0.4) is 0 Å². The Morgan fingerprint density at radius 2 is 1.67 bits per heavy atom. The van der Waals surface area contributed by atoms with E-state index in [2.05, 4.69) is 19.1 Å². The molecule has 2 N–H and O–H groups in total. The highest BCUT2D eigenvalue weighted by molar-refractivity contribution is 5.26. The molecule has 0 saturated heterocycles. The molecular weight excluding hydrogens is 222 g/mol. The highest BCUT2D eigenvalue weighted by Crippen LogP contribution is 2.15. The summed E-state index contributed by atoms with van der Waals surface area (Å²) in [6.45, 7) is 2.70. The van der Waals surface area contributed by atoms with Crippen LogP contribution >= 0.6 is 0 Å². The maximum atomic E-state index is 6.10. The van der Waals surface area contributed by atoms with Gasteiger partial charge >= 0.3 is 0 Å². The van der Waals surface area contributed by atoms with Gasteiger partial charge in [-0.05, 0) is 24.6 Å². The summed E-state index contributed by atoms with van der Waals surface area (Å²) in [4.78, 5) is 0. The number of ether oxygens (including phenoxy) is 1. The molecule has 0 radical (unpaired) electrons. The van der Waals surface area contributed by atoms with Gasteiger partial charge in [0, 0.05) is 12.5 Å². The molecule has 0 aromatic heterocycles. The molecule has 2 rings (SSSR count). The van der Waals surface area contributed by atoms with E-state index in [0.717, 1.165) is 17.7 Å². The molecule has 2 aromatic rings. The van der Waals surface area contributed by atoms with Gasteiger partial charge in [-0.1, -0.05) is 48.0 Å². The minimum atomic E-state index is 0.0386. The van der Waals surface area contributed by atoms with Gasteiger partial charge in [0.2, 0.25) is 0 Å². The van der Waals surface area contributed by atoms with Gasteiger partial charge < -0.3 is 10.5 Å². The smallest absolute Gasteiger partial charge is 0.119 e. The fourth-order valence-corrected chi connectivity index (χ4v) is 1.81. The Balaban J connectivity index is 1.80. The second-order valence-electron chi connectivity index (χ2n) is 4.47. The number of hydrogen-bond donors (Lipinski definition) is 1. The molecule has 1 atom stereocenters. The third kappa shape index (κ3) is 3.60. The third-order valence-corrected chi connectivity index (χ3v) is 2.95. The fraction of sp³-hybridized carbons (Fsp3) is 0.250. The Morgan fingerprint density at radius 3 is 2.33 bits per heavy atom. The van der Waals surface area contributed by atoms with E-state index in [1.807, 2.05) is 42.5 Å². The van der Waals surface area contributed by atoms with Gasteiger partial charge in [-0.3, -0.25) is 0 Å². The summed E-state index contributed by atoms with van der Waals surface area (Å²) in [5, 5.41) is 0. The average Bonchev–Trinajstić information content (AvgIpc) is 2.42. The van der Waals surface area contributed by atoms with Crippen LogP contribution in [0, 0.1) is 6.92 Å². The predicted molar refractivity (Wildman–Crippen MR) is 74.7 cm³/mol. The maximum absolute atomic E-state index is 6.10. The molecule has 0 aliphatic heterocycles. The van der Waals surface area contributed by atoms with Crippen molar-refractivity contribution in [2.24, 2.45) is 5.73 Å². The molecule has 0 saturated carbocycles. The summed E-state index contributed by atoms with van der Waals surface area (Å²) in [5.41, 5.74) is 8.50. The van der Waals surface area contributed by atoms with Crippen molar-refractivity contribution in [1.82, 2.24) is 0 Å². The van der Waals surface area contributed by atoms with E-state index in [0.29, 0.717) is 6.61 Å². The van der Waals surface area contributed by atoms with Gasteiger partial charge in [-0.15, -0.1) is 0 Å². The second kappa shape index (κ2) is 6.22. The molecule has 0 aliphatic rings. The van der Waals surface area contributed by atoms with Crippen molar-refractivity contribution in [3.05, 3.63) is 65.7 Å². The lowest BCUT2D eigenvalue weighted by Gasteiger charge is -2.12. The van der Waals surface area contributed by atoms with Crippen LogP contribution in [-0.4, -0.2) is 6.61 Å². The van der Waals surface area contributed by atoms with Crippen LogP contribution < -0.4 is 10.5 Å². The van der Waals surface area contributed by atoms with Crippen molar-refractivity contribution in [3.63, 3.8) is 0 Å². The molecule has 0 spiro atoms. The molecule has 0 aliphatic carbocycles. The van der Waals surface area contributed by atoms with Crippen LogP contribution in [0.4, 0.5) is 0 Å². The lowest BCUT2D eigenvalue weighted by molar-refractivity contribution is 0.298. The zero-order valence-electron chi connectivity index (χ0n) is 10.7. The van der Waals surface area contributed by atoms with Gasteiger partial charge in [-0.2, -0.15) is 0 Å². The molecule has 2 nitrogen and oxygen atoms in total. The van der Waals surface area contributed by atoms with Gasteiger partial charge in [-0.25, -0.2) is 0 Å². The van der Waals surface area contributed by atoms with Crippen molar-refractivity contribution in [2.75, 3.05) is 6.61 Å². The first kappa shape index (κ1) is 12.7. The van der Waals surface area contributed by atoms with Crippen LogP contribution in [0.15, 0.2) is 54.6 Å². The number of nitrogens with two attached hydrogens (primary N) is 1. The molecule has 1 unspecified atom stereocenters. The molecule has 94 valence electrons. The monoisotopic (exact) mass is 241 g/mol. The van der Waals surface area contributed by atoms with E-state index in [9.17, 15) is 0 Å². The zero-order valence-corrected chi connectivity index (χ0v) is 10.7. The minimum Gasteiger partial charge on any atom is -0.494 e. The number of benzene rings is 2. The van der Waals surface area contributed by atoms with E-state index >= 15 is 0 Å². The quantitative estimate of drug-likeness (QED) is 0.870. The third-order valence-electron chi connectivity index (χ3n) is 2.95. The summed E-state index contributed by atoms with van der Waals surface area (Å²) >= 11 is 0. The molecule has 0 amide bonds. The highest BCUT2D eigenvalue weighted by Gasteiger charge is 2.05. The predicted octanol–water partition coefficient (Wildman–Crippen LogP) is 3.46. The largest absolute Gasteiger partial charge is 0.494 e. The van der Waals surface area contributed by atoms with Crippen LogP contribution in [0.1, 0.15) is 23.6 Å². The highest BCUT2D eigenvalue weighted by atomic mass is 16.5. The Labute approximate surface area is 108 Å². The summed E-state index contributed by atoms with van der Waals surface area (Å²) in [6, 6.07) is 18.2. The first-order chi connectivity index (χ1) is 8.75. The normalized spacial score (nSPS) is 12.1. The van der Waals surface area contributed by atoms with Gasteiger partial charge in [0.05, 0.1) is 6.61 Å². The summed E-state index contributed by atoms with van der Waals surface area (Å²) in [7, 11) is 0. The Kier molecular flexibility index (Phi) is 4.37. The van der Waals surface area contributed by atoms with Crippen LogP contribution in [-0.2, 0) is 0 Å². The summed E-state index contributed by atoms with van der Waals surface area (Å²) in [5.74, 6) is 0.904. The van der Waals surface area contributed by atoms with E-state index in [1.165, 1.54) is 5.56 Å². The van der Waals surface area contributed by atoms with Gasteiger partial charge in [0.25, 0.3) is 0 Å². The first-order valence-corrected chi connectivity index (χ1v) is 6.26. The zero-order chi connectivity index (χ0) is 12.8. The van der Waals surface area contributed by atoms with Crippen LogP contribution in [0.25, 0.3) is 0 Å². The molecule has 18 heavy (non-hydrogen) atoms. The second-order valence-corrected chi connectivity index (χ2v) is 4.47. The fourth-order valence-electron chi connectivity index (χ4n) is 1.81. The molecule has 2 heteroatoms. The van der Waals surface area contributed by atoms with Gasteiger partial charge in [0.1, 0.15) is 5.75 Å². The topological polar surface area (TPSA) is 35.2 Å². The van der Waals surface area contributed by atoms with Crippen molar-refractivity contribution < 1.29 is 4.74 Å². The molecule has 2 aromatic carbocycles. The lowest BCUT2D eigenvalue weighted by atomic mass is 10.1. The Hall–Kier alpha value is -1.80. The maximum Gasteiger partial charge on any atom is 0.119 e. The summed E-state index contributed by atoms with van der Waals surface area (Å²) in [6.07, 6.45) is 0.817. The summed E-state index contributed by atoms with van der Waals surface area (Å²) < 4.78 is 5.67. The van der Waals surface area contributed by atoms with E-state index in [-0.39, 0.29) is 6.04 Å². The van der Waals surface area contributed by atoms with E-state index in [1.54, 1.807) is 0 Å².